The van der Waals surface area contributed by atoms with Crippen LogP contribution >= 0.6 is 27.3 Å². The molecule has 0 bridgehead atoms. The van der Waals surface area contributed by atoms with Gasteiger partial charge in [-0.25, -0.2) is 4.79 Å². The molecule has 0 saturated heterocycles. The minimum absolute atomic E-state index is 0.406. The number of hydrogen-bond acceptors (Lipinski definition) is 4. The van der Waals surface area contributed by atoms with Crippen molar-refractivity contribution in [2.45, 2.75) is 6.92 Å². The lowest BCUT2D eigenvalue weighted by Gasteiger charge is -1.95. The van der Waals surface area contributed by atoms with Crippen molar-refractivity contribution in [3.8, 4) is 0 Å². The first-order chi connectivity index (χ1) is 6.11. The number of aldehydes is 1. The summed E-state index contributed by atoms with van der Waals surface area (Å²) in [4.78, 5) is 22.7. The summed E-state index contributed by atoms with van der Waals surface area (Å²) in [5.74, 6) is -0.406. The van der Waals surface area contributed by atoms with Crippen molar-refractivity contribution in [3.63, 3.8) is 0 Å². The topological polar surface area (TPSA) is 43.4 Å². The van der Waals surface area contributed by atoms with Crippen LogP contribution in [0.3, 0.4) is 0 Å². The third kappa shape index (κ3) is 1.81. The molecule has 0 N–H and O–H groups in total. The molecule has 1 rings (SSSR count). The van der Waals surface area contributed by atoms with E-state index in [1.165, 1.54) is 7.11 Å². The Morgan fingerprint density at radius 2 is 2.23 bits per heavy atom. The molecule has 0 aliphatic carbocycles. The van der Waals surface area contributed by atoms with Crippen LogP contribution in [0.15, 0.2) is 4.47 Å². The van der Waals surface area contributed by atoms with Crippen LogP contribution in [-0.4, -0.2) is 19.4 Å². The van der Waals surface area contributed by atoms with Gasteiger partial charge in [0.15, 0.2) is 6.29 Å². The molecule has 1 aromatic rings. The van der Waals surface area contributed by atoms with Gasteiger partial charge in [-0.15, -0.1) is 11.3 Å². The van der Waals surface area contributed by atoms with Gasteiger partial charge in [-0.3, -0.25) is 4.79 Å². The smallest absolute Gasteiger partial charge is 0.348 e. The zero-order chi connectivity index (χ0) is 10.0. The average molecular weight is 263 g/mol. The van der Waals surface area contributed by atoms with Gasteiger partial charge in [-0.2, -0.15) is 0 Å². The summed E-state index contributed by atoms with van der Waals surface area (Å²) in [7, 11) is 1.32. The Morgan fingerprint density at radius 3 is 2.62 bits per heavy atom. The standard InChI is InChI=1S/C8H7BrO3S/c1-4-6(9)5(3-10)13-7(4)8(11)12-2/h3H,1-2H3. The van der Waals surface area contributed by atoms with Gasteiger partial charge < -0.3 is 4.74 Å². The predicted molar refractivity (Wildman–Crippen MR) is 53.5 cm³/mol. The number of carbonyl (C=O) groups excluding carboxylic acids is 2. The van der Waals surface area contributed by atoms with Crippen LogP contribution in [0.2, 0.25) is 0 Å². The van der Waals surface area contributed by atoms with Crippen molar-refractivity contribution in [2.75, 3.05) is 7.11 Å². The molecule has 0 atom stereocenters. The Labute approximate surface area is 87.8 Å². The number of rotatable bonds is 2. The lowest BCUT2D eigenvalue weighted by Crippen LogP contribution is -1.99. The van der Waals surface area contributed by atoms with Gasteiger partial charge in [0.25, 0.3) is 0 Å². The fraction of sp³-hybridized carbons (Fsp3) is 0.250. The molecule has 13 heavy (non-hydrogen) atoms. The molecule has 70 valence electrons. The predicted octanol–water partition coefficient (Wildman–Crippen LogP) is 2.42. The molecule has 1 heterocycles. The Hall–Kier alpha value is -0.680. The number of halogens is 1. The maximum absolute atomic E-state index is 11.2. The van der Waals surface area contributed by atoms with Crippen LogP contribution < -0.4 is 0 Å². The van der Waals surface area contributed by atoms with Gasteiger partial charge >= 0.3 is 5.97 Å². The minimum Gasteiger partial charge on any atom is -0.465 e. The largest absolute Gasteiger partial charge is 0.465 e. The van der Waals surface area contributed by atoms with Gasteiger partial charge in [-0.1, -0.05) is 0 Å². The molecule has 5 heteroatoms. The zero-order valence-corrected chi connectivity index (χ0v) is 9.49. The molecule has 0 amide bonds. The lowest BCUT2D eigenvalue weighted by molar-refractivity contribution is 0.0605. The van der Waals surface area contributed by atoms with Gasteiger partial charge in [-0.05, 0) is 28.4 Å². The second-order valence-electron chi connectivity index (χ2n) is 2.34. The highest BCUT2D eigenvalue weighted by atomic mass is 79.9. The van der Waals surface area contributed by atoms with Crippen LogP contribution in [0.1, 0.15) is 24.9 Å². The molecule has 0 saturated carbocycles. The van der Waals surface area contributed by atoms with E-state index in [1.807, 2.05) is 0 Å². The summed E-state index contributed by atoms with van der Waals surface area (Å²) in [6, 6.07) is 0. The van der Waals surface area contributed by atoms with Crippen molar-refractivity contribution in [3.05, 3.63) is 19.8 Å². The molecule has 0 unspecified atom stereocenters. The highest BCUT2D eigenvalue weighted by Crippen LogP contribution is 2.31. The fourth-order valence-electron chi connectivity index (χ4n) is 0.879. The van der Waals surface area contributed by atoms with E-state index in [4.69, 9.17) is 0 Å². The van der Waals surface area contributed by atoms with Crippen LogP contribution in [0, 0.1) is 6.92 Å². The van der Waals surface area contributed by atoms with E-state index in [2.05, 4.69) is 20.7 Å². The van der Waals surface area contributed by atoms with Crippen molar-refractivity contribution in [2.24, 2.45) is 0 Å². The van der Waals surface area contributed by atoms with Crippen LogP contribution in [0.25, 0.3) is 0 Å². The van der Waals surface area contributed by atoms with E-state index in [-0.39, 0.29) is 0 Å². The molecular weight excluding hydrogens is 256 g/mol. The normalized spacial score (nSPS) is 9.77. The Kier molecular flexibility index (Phi) is 3.22. The summed E-state index contributed by atoms with van der Waals surface area (Å²) in [5.41, 5.74) is 0.749. The molecule has 0 fully saturated rings. The summed E-state index contributed by atoms with van der Waals surface area (Å²) < 4.78 is 5.24. The molecule has 1 aromatic heterocycles. The highest BCUT2D eigenvalue weighted by molar-refractivity contribution is 9.10. The summed E-state index contributed by atoms with van der Waals surface area (Å²) in [6.07, 6.45) is 0.716. The summed E-state index contributed by atoms with van der Waals surface area (Å²) in [6.45, 7) is 1.76. The van der Waals surface area contributed by atoms with Gasteiger partial charge in [0.1, 0.15) is 4.88 Å². The number of methoxy groups -OCH3 is 1. The van der Waals surface area contributed by atoms with Crippen molar-refractivity contribution >= 4 is 39.5 Å². The quantitative estimate of drug-likeness (QED) is 0.608. The zero-order valence-electron chi connectivity index (χ0n) is 7.09. The maximum Gasteiger partial charge on any atom is 0.348 e. The van der Waals surface area contributed by atoms with Crippen LogP contribution in [0.5, 0.6) is 0 Å². The van der Waals surface area contributed by atoms with Gasteiger partial charge in [0, 0.05) is 4.47 Å². The van der Waals surface area contributed by atoms with E-state index in [0.29, 0.717) is 20.5 Å². The highest BCUT2D eigenvalue weighted by Gasteiger charge is 2.18. The van der Waals surface area contributed by atoms with Gasteiger partial charge in [0.05, 0.1) is 12.0 Å². The van der Waals surface area contributed by atoms with Crippen molar-refractivity contribution < 1.29 is 14.3 Å². The molecule has 0 aromatic carbocycles. The van der Waals surface area contributed by atoms with Crippen molar-refractivity contribution in [1.29, 1.82) is 0 Å². The number of hydrogen-bond donors (Lipinski definition) is 0. The Balaban J connectivity index is 3.24. The van der Waals surface area contributed by atoms with Crippen LogP contribution in [-0.2, 0) is 4.74 Å². The van der Waals surface area contributed by atoms with E-state index >= 15 is 0 Å². The first-order valence-electron chi connectivity index (χ1n) is 3.44. The third-order valence-electron chi connectivity index (χ3n) is 1.58. The monoisotopic (exact) mass is 262 g/mol. The molecular formula is C8H7BrO3S. The summed E-state index contributed by atoms with van der Waals surface area (Å²) >= 11 is 4.36. The maximum atomic E-state index is 11.2. The summed E-state index contributed by atoms with van der Waals surface area (Å²) in [5, 5.41) is 0. The third-order valence-corrected chi connectivity index (χ3v) is 4.06. The first-order valence-corrected chi connectivity index (χ1v) is 5.05. The average Bonchev–Trinajstić information content (AvgIpc) is 2.43. The van der Waals surface area contributed by atoms with E-state index < -0.39 is 5.97 Å². The number of carbonyl (C=O) groups is 2. The van der Waals surface area contributed by atoms with Crippen LogP contribution in [0.4, 0.5) is 0 Å². The Morgan fingerprint density at radius 1 is 1.62 bits per heavy atom. The molecule has 0 aliphatic heterocycles. The molecule has 0 radical (unpaired) electrons. The second-order valence-corrected chi connectivity index (χ2v) is 4.19. The second kappa shape index (κ2) is 4.02. The number of ether oxygens (including phenoxy) is 1. The molecule has 0 spiro atoms. The van der Waals surface area contributed by atoms with E-state index in [9.17, 15) is 9.59 Å². The Bertz CT molecular complexity index is 357. The van der Waals surface area contributed by atoms with Crippen molar-refractivity contribution in [1.82, 2.24) is 0 Å². The first kappa shape index (κ1) is 10.4. The number of thiophene rings is 1. The molecule has 3 nitrogen and oxygen atoms in total. The number of esters is 1. The lowest BCUT2D eigenvalue weighted by atomic mass is 10.3. The minimum atomic E-state index is -0.406. The fourth-order valence-corrected chi connectivity index (χ4v) is 2.48. The van der Waals surface area contributed by atoms with E-state index in [1.54, 1.807) is 6.92 Å². The molecule has 0 aliphatic rings. The SMILES string of the molecule is COC(=O)c1sc(C=O)c(Br)c1C. The van der Waals surface area contributed by atoms with Gasteiger partial charge in [0.2, 0.25) is 0 Å². The van der Waals surface area contributed by atoms with E-state index in [0.717, 1.165) is 16.9 Å².